The van der Waals surface area contributed by atoms with Crippen molar-refractivity contribution in [3.8, 4) is 0 Å². The monoisotopic (exact) mass is 461 g/mol. The molecule has 0 atom stereocenters. The molecule has 4 rings (SSSR count). The lowest BCUT2D eigenvalue weighted by Crippen LogP contribution is -2.27. The van der Waals surface area contributed by atoms with Gasteiger partial charge in [0.05, 0.1) is 15.9 Å². The van der Waals surface area contributed by atoms with Crippen molar-refractivity contribution < 1.29 is 9.59 Å². The Bertz CT molecular complexity index is 1240. The van der Waals surface area contributed by atoms with Gasteiger partial charge in [0.25, 0.3) is 11.8 Å². The predicted molar refractivity (Wildman–Crippen MR) is 134 cm³/mol. The summed E-state index contributed by atoms with van der Waals surface area (Å²) >= 11 is 1.37. The largest absolute Gasteiger partial charge is 0.321 e. The van der Waals surface area contributed by atoms with E-state index in [0.717, 1.165) is 30.7 Å². The van der Waals surface area contributed by atoms with Gasteiger partial charge >= 0.3 is 0 Å². The maximum atomic E-state index is 13.1. The summed E-state index contributed by atoms with van der Waals surface area (Å²) in [7, 11) is 0. The number of nitrogens with zero attached hydrogens (tertiary/aromatic N) is 3. The van der Waals surface area contributed by atoms with Crippen LogP contribution in [0.15, 0.2) is 66.0 Å². The van der Waals surface area contributed by atoms with Crippen molar-refractivity contribution in [3.05, 3.63) is 76.5 Å². The van der Waals surface area contributed by atoms with Crippen molar-refractivity contribution in [1.82, 2.24) is 14.5 Å². The van der Waals surface area contributed by atoms with Crippen LogP contribution in [-0.2, 0) is 6.54 Å². The summed E-state index contributed by atoms with van der Waals surface area (Å²) in [6.07, 6.45) is 0. The third-order valence-electron chi connectivity index (χ3n) is 5.54. The Kier molecular flexibility index (Phi) is 7.16. The fourth-order valence-electron chi connectivity index (χ4n) is 3.69. The number of amides is 2. The smallest absolute Gasteiger partial charge is 0.265 e. The molecule has 7 nitrogen and oxygen atoms in total. The second kappa shape index (κ2) is 10.4. The molecular weight excluding hydrogens is 434 g/mol. The maximum absolute atomic E-state index is 13.1. The summed E-state index contributed by atoms with van der Waals surface area (Å²) in [5.41, 5.74) is 2.83. The van der Waals surface area contributed by atoms with Crippen LogP contribution in [0.3, 0.4) is 0 Å². The number of hydrogen-bond acceptors (Lipinski definition) is 5. The molecule has 2 amide bonds. The fourth-order valence-corrected chi connectivity index (χ4v) is 4.31. The van der Waals surface area contributed by atoms with Crippen molar-refractivity contribution >= 4 is 45.8 Å². The van der Waals surface area contributed by atoms with E-state index in [0.29, 0.717) is 28.6 Å². The van der Waals surface area contributed by atoms with Gasteiger partial charge in [-0.1, -0.05) is 38.1 Å². The summed E-state index contributed by atoms with van der Waals surface area (Å²) in [6, 6.07) is 18.4. The molecule has 2 N–H and O–H groups in total. The number of likely N-dealkylation sites (N-methyl/N-ethyl adjacent to an activating group) is 1. The van der Waals surface area contributed by atoms with Crippen LogP contribution in [0.4, 0.5) is 11.6 Å². The molecule has 0 saturated carbocycles. The summed E-state index contributed by atoms with van der Waals surface area (Å²) in [6.45, 7) is 7.80. The Morgan fingerprint density at radius 1 is 0.970 bits per heavy atom. The molecule has 0 unspecified atom stereocenters. The van der Waals surface area contributed by atoms with Gasteiger partial charge in [-0.05, 0) is 54.9 Å². The van der Waals surface area contributed by atoms with Crippen LogP contribution >= 0.6 is 11.3 Å². The standard InChI is InChI=1S/C25H27N5O2S/c1-3-29(4-2)14-15-30-21-12-6-5-11-20(21)27-25(30)28-23(31)18-9-7-10-19(17-18)26-24(32)22-13-8-16-33-22/h5-13,16-17H,3-4,14-15H2,1-2H3,(H,26,32)(H,27,28,31). The molecular formula is C25H27N5O2S. The van der Waals surface area contributed by atoms with Crippen LogP contribution in [0.5, 0.6) is 0 Å². The van der Waals surface area contributed by atoms with Crippen molar-refractivity contribution in [2.75, 3.05) is 30.3 Å². The number of rotatable bonds is 9. The highest BCUT2D eigenvalue weighted by Gasteiger charge is 2.16. The highest BCUT2D eigenvalue weighted by Crippen LogP contribution is 2.21. The number of aromatic nitrogens is 2. The topological polar surface area (TPSA) is 79.3 Å². The van der Waals surface area contributed by atoms with Gasteiger partial charge in [-0.15, -0.1) is 11.3 Å². The Morgan fingerprint density at radius 2 is 1.79 bits per heavy atom. The summed E-state index contributed by atoms with van der Waals surface area (Å²) in [4.78, 5) is 33.0. The van der Waals surface area contributed by atoms with Gasteiger partial charge in [0.2, 0.25) is 5.95 Å². The molecule has 0 spiro atoms. The molecule has 2 aromatic heterocycles. The quantitative estimate of drug-likeness (QED) is 0.370. The first-order valence-corrected chi connectivity index (χ1v) is 11.9. The van der Waals surface area contributed by atoms with E-state index >= 15 is 0 Å². The lowest BCUT2D eigenvalue weighted by molar-refractivity contribution is 0.101. The van der Waals surface area contributed by atoms with Gasteiger partial charge in [-0.3, -0.25) is 14.9 Å². The van der Waals surface area contributed by atoms with E-state index in [1.165, 1.54) is 11.3 Å². The Labute approximate surface area is 197 Å². The van der Waals surface area contributed by atoms with E-state index in [1.54, 1.807) is 30.3 Å². The number of thiophene rings is 1. The van der Waals surface area contributed by atoms with Crippen LogP contribution < -0.4 is 10.6 Å². The molecule has 2 heterocycles. The van der Waals surface area contributed by atoms with Gasteiger partial charge < -0.3 is 14.8 Å². The normalized spacial score (nSPS) is 11.1. The molecule has 170 valence electrons. The molecule has 33 heavy (non-hydrogen) atoms. The van der Waals surface area contributed by atoms with E-state index in [4.69, 9.17) is 0 Å². The average molecular weight is 462 g/mol. The molecule has 0 radical (unpaired) electrons. The maximum Gasteiger partial charge on any atom is 0.265 e. The zero-order valence-corrected chi connectivity index (χ0v) is 19.6. The minimum atomic E-state index is -0.276. The number of carbonyl (C=O) groups excluding carboxylic acids is 2. The molecule has 4 aromatic rings. The van der Waals surface area contributed by atoms with Crippen LogP contribution in [0.2, 0.25) is 0 Å². The molecule has 0 aliphatic carbocycles. The molecule has 2 aromatic carbocycles. The minimum Gasteiger partial charge on any atom is -0.321 e. The SMILES string of the molecule is CCN(CC)CCn1c(NC(=O)c2cccc(NC(=O)c3cccs3)c2)nc2ccccc21. The van der Waals surface area contributed by atoms with E-state index in [9.17, 15) is 9.59 Å². The summed E-state index contributed by atoms with van der Waals surface area (Å²) < 4.78 is 2.05. The third-order valence-corrected chi connectivity index (χ3v) is 6.41. The Morgan fingerprint density at radius 3 is 2.55 bits per heavy atom. The van der Waals surface area contributed by atoms with Gasteiger partial charge in [0, 0.05) is 24.3 Å². The molecule has 0 fully saturated rings. The van der Waals surface area contributed by atoms with Crippen LogP contribution in [-0.4, -0.2) is 45.9 Å². The number of hydrogen-bond donors (Lipinski definition) is 2. The second-order valence-electron chi connectivity index (χ2n) is 7.57. The van der Waals surface area contributed by atoms with Crippen molar-refractivity contribution in [3.63, 3.8) is 0 Å². The van der Waals surface area contributed by atoms with Gasteiger partial charge in [-0.25, -0.2) is 4.98 Å². The van der Waals surface area contributed by atoms with Crippen LogP contribution in [0.25, 0.3) is 11.0 Å². The molecule has 8 heteroatoms. The molecule has 0 aliphatic rings. The predicted octanol–water partition coefficient (Wildman–Crippen LogP) is 4.94. The first kappa shape index (κ1) is 22.7. The van der Waals surface area contributed by atoms with Gasteiger partial charge in [-0.2, -0.15) is 0 Å². The second-order valence-corrected chi connectivity index (χ2v) is 8.52. The number of para-hydroxylation sites is 2. The average Bonchev–Trinajstić information content (AvgIpc) is 3.48. The van der Waals surface area contributed by atoms with E-state index in [2.05, 4.69) is 34.4 Å². The van der Waals surface area contributed by atoms with Gasteiger partial charge in [0.1, 0.15) is 0 Å². The molecule has 0 bridgehead atoms. The zero-order chi connectivity index (χ0) is 23.2. The van der Waals surface area contributed by atoms with Crippen molar-refractivity contribution in [2.45, 2.75) is 20.4 Å². The minimum absolute atomic E-state index is 0.194. The Balaban J connectivity index is 1.54. The number of nitrogens with one attached hydrogen (secondary N) is 2. The lowest BCUT2D eigenvalue weighted by atomic mass is 10.2. The number of fused-ring (bicyclic) bond motifs is 1. The number of anilines is 2. The highest BCUT2D eigenvalue weighted by molar-refractivity contribution is 7.12. The van der Waals surface area contributed by atoms with Crippen molar-refractivity contribution in [2.24, 2.45) is 0 Å². The van der Waals surface area contributed by atoms with E-state index in [-0.39, 0.29) is 11.8 Å². The third kappa shape index (κ3) is 5.30. The molecule has 0 saturated heterocycles. The van der Waals surface area contributed by atoms with Gasteiger partial charge in [0.15, 0.2) is 0 Å². The Hall–Kier alpha value is -3.49. The first-order chi connectivity index (χ1) is 16.1. The summed E-state index contributed by atoms with van der Waals surface area (Å²) in [5, 5.41) is 7.67. The highest BCUT2D eigenvalue weighted by atomic mass is 32.1. The fraction of sp³-hybridized carbons (Fsp3) is 0.240. The van der Waals surface area contributed by atoms with E-state index in [1.807, 2.05) is 40.3 Å². The number of carbonyl (C=O) groups is 2. The van der Waals surface area contributed by atoms with E-state index < -0.39 is 0 Å². The zero-order valence-electron chi connectivity index (χ0n) is 18.7. The number of benzene rings is 2. The number of imidazole rings is 1. The first-order valence-electron chi connectivity index (χ1n) is 11.0. The summed E-state index contributed by atoms with van der Waals surface area (Å²) in [5.74, 6) is 0.0451. The van der Waals surface area contributed by atoms with Crippen LogP contribution in [0.1, 0.15) is 33.9 Å². The molecule has 0 aliphatic heterocycles. The van der Waals surface area contributed by atoms with Crippen LogP contribution in [0, 0.1) is 0 Å². The van der Waals surface area contributed by atoms with Crippen molar-refractivity contribution in [1.29, 1.82) is 0 Å². The lowest BCUT2D eigenvalue weighted by Gasteiger charge is -2.19.